The molecule has 1 saturated heterocycles. The number of carbonyl (C=O) groups excluding carboxylic acids is 1. The SMILES string of the molecule is COCCCN1CCOc2ccc(CO[C@H]3CN(S(=O)(=O)c4ccc(C)cc4)[C@H](CC=O)C[C@@H]3c3ccc(OC)cc3)cc21. The lowest BCUT2D eigenvalue weighted by atomic mass is 9.83. The van der Waals surface area contributed by atoms with Gasteiger partial charge in [0.2, 0.25) is 10.0 Å². The largest absolute Gasteiger partial charge is 0.497 e. The van der Waals surface area contributed by atoms with Crippen LogP contribution in [0.25, 0.3) is 0 Å². The lowest BCUT2D eigenvalue weighted by Gasteiger charge is -2.43. The average molecular weight is 623 g/mol. The van der Waals surface area contributed by atoms with E-state index in [4.69, 9.17) is 18.9 Å². The Kier molecular flexibility index (Phi) is 10.6. The Morgan fingerprint density at radius 3 is 2.50 bits per heavy atom. The van der Waals surface area contributed by atoms with E-state index in [2.05, 4.69) is 11.0 Å². The minimum absolute atomic E-state index is 0.105. The molecule has 236 valence electrons. The topological polar surface area (TPSA) is 94.6 Å². The van der Waals surface area contributed by atoms with Crippen LogP contribution in [0.5, 0.6) is 11.5 Å². The Morgan fingerprint density at radius 2 is 1.80 bits per heavy atom. The Morgan fingerprint density at radius 1 is 1.02 bits per heavy atom. The van der Waals surface area contributed by atoms with Gasteiger partial charge in [0.05, 0.1) is 36.9 Å². The van der Waals surface area contributed by atoms with Crippen molar-refractivity contribution >= 4 is 22.0 Å². The molecule has 2 aliphatic heterocycles. The first-order chi connectivity index (χ1) is 21.3. The van der Waals surface area contributed by atoms with Gasteiger partial charge < -0.3 is 28.6 Å². The summed E-state index contributed by atoms with van der Waals surface area (Å²) in [5.74, 6) is 1.46. The normalized spacial score (nSPS) is 20.5. The third-order valence-electron chi connectivity index (χ3n) is 8.51. The van der Waals surface area contributed by atoms with Crippen LogP contribution >= 0.6 is 0 Å². The number of aryl methyl sites for hydroxylation is 1. The number of nitrogens with zero attached hydrogens (tertiary/aromatic N) is 2. The van der Waals surface area contributed by atoms with Crippen molar-refractivity contribution in [2.45, 2.75) is 55.8 Å². The molecule has 0 aromatic heterocycles. The molecule has 3 atom stereocenters. The van der Waals surface area contributed by atoms with Crippen molar-refractivity contribution in [2.24, 2.45) is 0 Å². The zero-order valence-corrected chi connectivity index (χ0v) is 26.5. The third kappa shape index (κ3) is 7.26. The predicted octanol–water partition coefficient (Wildman–Crippen LogP) is 4.96. The van der Waals surface area contributed by atoms with Gasteiger partial charge in [-0.05, 0) is 67.3 Å². The fourth-order valence-electron chi connectivity index (χ4n) is 6.10. The zero-order chi connectivity index (χ0) is 31.1. The number of rotatable bonds is 13. The second-order valence-corrected chi connectivity index (χ2v) is 13.3. The number of methoxy groups -OCH3 is 2. The molecule has 0 saturated carbocycles. The van der Waals surface area contributed by atoms with Crippen molar-refractivity contribution in [3.8, 4) is 11.5 Å². The number of ether oxygens (including phenoxy) is 4. The lowest BCUT2D eigenvalue weighted by molar-refractivity contribution is -0.109. The first kappa shape index (κ1) is 32.0. The fraction of sp³-hybridized carbons (Fsp3) is 0.441. The molecule has 10 heteroatoms. The maximum absolute atomic E-state index is 13.9. The van der Waals surface area contributed by atoms with Crippen molar-refractivity contribution < 1.29 is 32.2 Å². The lowest BCUT2D eigenvalue weighted by Crippen LogP contribution is -2.52. The number of anilines is 1. The van der Waals surface area contributed by atoms with Crippen LogP contribution in [-0.2, 0) is 30.9 Å². The van der Waals surface area contributed by atoms with Crippen molar-refractivity contribution in [1.29, 1.82) is 0 Å². The summed E-state index contributed by atoms with van der Waals surface area (Å²) < 4.78 is 52.5. The number of hydrogen-bond donors (Lipinski definition) is 0. The van der Waals surface area contributed by atoms with Crippen molar-refractivity contribution in [1.82, 2.24) is 4.31 Å². The second kappa shape index (κ2) is 14.6. The molecule has 0 radical (unpaired) electrons. The quantitative estimate of drug-likeness (QED) is 0.195. The van der Waals surface area contributed by atoms with Crippen LogP contribution in [0.1, 0.15) is 41.9 Å². The number of benzene rings is 3. The molecule has 44 heavy (non-hydrogen) atoms. The molecular formula is C34H42N2O7S. The number of hydrogen-bond acceptors (Lipinski definition) is 8. The molecule has 2 heterocycles. The summed E-state index contributed by atoms with van der Waals surface area (Å²) in [5.41, 5.74) is 3.99. The summed E-state index contributed by atoms with van der Waals surface area (Å²) in [6.45, 7) is 5.33. The zero-order valence-electron chi connectivity index (χ0n) is 25.7. The first-order valence-electron chi connectivity index (χ1n) is 15.1. The summed E-state index contributed by atoms with van der Waals surface area (Å²) in [6.07, 6.45) is 1.83. The summed E-state index contributed by atoms with van der Waals surface area (Å²) in [6, 6.07) is 20.2. The van der Waals surface area contributed by atoms with E-state index in [0.717, 1.165) is 59.7 Å². The summed E-state index contributed by atoms with van der Waals surface area (Å²) in [4.78, 5) is 14.3. The second-order valence-electron chi connectivity index (χ2n) is 11.4. The summed E-state index contributed by atoms with van der Waals surface area (Å²) in [5, 5.41) is 0. The van der Waals surface area contributed by atoms with Gasteiger partial charge in [0.15, 0.2) is 0 Å². The maximum atomic E-state index is 13.9. The predicted molar refractivity (Wildman–Crippen MR) is 169 cm³/mol. The van der Waals surface area contributed by atoms with E-state index in [1.807, 2.05) is 43.3 Å². The van der Waals surface area contributed by atoms with E-state index < -0.39 is 22.2 Å². The number of aldehydes is 1. The van der Waals surface area contributed by atoms with Gasteiger partial charge in [-0.25, -0.2) is 8.42 Å². The fourth-order valence-corrected chi connectivity index (χ4v) is 7.75. The molecule has 2 aliphatic rings. The van der Waals surface area contributed by atoms with Crippen LogP contribution in [0.15, 0.2) is 71.6 Å². The van der Waals surface area contributed by atoms with Gasteiger partial charge in [-0.15, -0.1) is 0 Å². The smallest absolute Gasteiger partial charge is 0.243 e. The summed E-state index contributed by atoms with van der Waals surface area (Å²) >= 11 is 0. The molecular weight excluding hydrogens is 580 g/mol. The Hall–Kier alpha value is -3.44. The van der Waals surface area contributed by atoms with Gasteiger partial charge in [-0.1, -0.05) is 35.9 Å². The van der Waals surface area contributed by atoms with Crippen molar-refractivity contribution in [2.75, 3.05) is 52.0 Å². The highest BCUT2D eigenvalue weighted by Gasteiger charge is 2.42. The Bertz CT molecular complexity index is 1500. The van der Waals surface area contributed by atoms with E-state index >= 15 is 0 Å². The minimum atomic E-state index is -3.87. The van der Waals surface area contributed by atoms with Gasteiger partial charge in [0.1, 0.15) is 24.4 Å². The molecule has 0 bridgehead atoms. The standard InChI is InChI=1S/C34H42N2O7S/c1-25-5-12-30(13-6-25)44(38,39)36-23-34(31(22-28(36)15-18-37)27-8-10-29(41-3)11-9-27)43-24-26-7-14-33-32(21-26)35(17-20-42-33)16-4-19-40-2/h5-14,18,21,28,31,34H,4,15-17,19-20,22-24H2,1-3H3/t28-,31-,34+/m1/s1. The van der Waals surface area contributed by atoms with Crippen LogP contribution in [0.3, 0.4) is 0 Å². The molecule has 0 N–H and O–H groups in total. The molecule has 0 aliphatic carbocycles. The monoisotopic (exact) mass is 622 g/mol. The molecule has 0 amide bonds. The van der Waals surface area contributed by atoms with Crippen LogP contribution in [-0.4, -0.2) is 78.2 Å². The Labute approximate surface area is 260 Å². The average Bonchev–Trinajstić information content (AvgIpc) is 3.04. The van der Waals surface area contributed by atoms with Gasteiger partial charge in [-0.3, -0.25) is 0 Å². The van der Waals surface area contributed by atoms with Crippen molar-refractivity contribution in [3.63, 3.8) is 0 Å². The number of carbonyl (C=O) groups is 1. The van der Waals surface area contributed by atoms with Gasteiger partial charge in [0.25, 0.3) is 0 Å². The van der Waals surface area contributed by atoms with E-state index in [-0.39, 0.29) is 23.8 Å². The van der Waals surface area contributed by atoms with E-state index in [1.54, 1.807) is 38.5 Å². The highest BCUT2D eigenvalue weighted by atomic mass is 32.2. The van der Waals surface area contributed by atoms with Gasteiger partial charge in [0, 0.05) is 45.2 Å². The minimum Gasteiger partial charge on any atom is -0.497 e. The first-order valence-corrected chi connectivity index (χ1v) is 16.6. The molecule has 3 aromatic carbocycles. The molecule has 0 spiro atoms. The number of sulfonamides is 1. The Balaban J connectivity index is 1.43. The maximum Gasteiger partial charge on any atom is 0.243 e. The molecule has 5 rings (SSSR count). The van der Waals surface area contributed by atoms with Crippen LogP contribution in [0.4, 0.5) is 5.69 Å². The van der Waals surface area contributed by atoms with E-state index in [0.29, 0.717) is 26.2 Å². The van der Waals surface area contributed by atoms with Crippen LogP contribution < -0.4 is 14.4 Å². The van der Waals surface area contributed by atoms with Gasteiger partial charge >= 0.3 is 0 Å². The number of fused-ring (bicyclic) bond motifs is 1. The van der Waals surface area contributed by atoms with Gasteiger partial charge in [-0.2, -0.15) is 4.31 Å². The van der Waals surface area contributed by atoms with E-state index in [9.17, 15) is 13.2 Å². The molecule has 3 aromatic rings. The highest BCUT2D eigenvalue weighted by molar-refractivity contribution is 7.89. The number of piperidine rings is 1. The molecule has 1 fully saturated rings. The third-order valence-corrected chi connectivity index (χ3v) is 10.4. The van der Waals surface area contributed by atoms with Crippen LogP contribution in [0, 0.1) is 6.92 Å². The van der Waals surface area contributed by atoms with Crippen LogP contribution in [0.2, 0.25) is 0 Å². The highest BCUT2D eigenvalue weighted by Crippen LogP contribution is 2.39. The van der Waals surface area contributed by atoms with Crippen molar-refractivity contribution in [3.05, 3.63) is 83.4 Å². The summed E-state index contributed by atoms with van der Waals surface area (Å²) in [7, 11) is -0.539. The molecule has 0 unspecified atom stereocenters. The van der Waals surface area contributed by atoms with E-state index in [1.165, 1.54) is 4.31 Å². The molecule has 9 nitrogen and oxygen atoms in total.